The minimum Gasteiger partial charge on any atom is -0.356 e. The van der Waals surface area contributed by atoms with Crippen LogP contribution in [0.25, 0.3) is 0 Å². The van der Waals surface area contributed by atoms with E-state index in [1.807, 2.05) is 6.07 Å². The van der Waals surface area contributed by atoms with Crippen molar-refractivity contribution in [1.82, 2.24) is 15.6 Å². The summed E-state index contributed by atoms with van der Waals surface area (Å²) >= 11 is 1.71. The molecule has 0 amide bonds. The van der Waals surface area contributed by atoms with E-state index in [4.69, 9.17) is 0 Å². The van der Waals surface area contributed by atoms with Gasteiger partial charge in [-0.3, -0.25) is 4.99 Å². The van der Waals surface area contributed by atoms with Gasteiger partial charge in [0, 0.05) is 31.9 Å². The first-order chi connectivity index (χ1) is 11.2. The van der Waals surface area contributed by atoms with Crippen LogP contribution in [0.2, 0.25) is 0 Å². The highest BCUT2D eigenvalue weighted by molar-refractivity contribution is 14.0. The predicted molar refractivity (Wildman–Crippen MR) is 110 cm³/mol. The van der Waals surface area contributed by atoms with Gasteiger partial charge in [0.1, 0.15) is 5.82 Å². The first kappa shape index (κ1) is 20.8. The Morgan fingerprint density at radius 1 is 1.25 bits per heavy atom. The normalized spacial score (nSPS) is 11.0. The van der Waals surface area contributed by atoms with Crippen molar-refractivity contribution in [3.05, 3.63) is 51.7 Å². The van der Waals surface area contributed by atoms with Crippen LogP contribution in [0.1, 0.15) is 23.2 Å². The lowest BCUT2D eigenvalue weighted by Crippen LogP contribution is -2.39. The van der Waals surface area contributed by atoms with Crippen LogP contribution in [0.4, 0.5) is 4.39 Å². The van der Waals surface area contributed by atoms with Crippen LogP contribution in [-0.2, 0) is 19.3 Å². The quantitative estimate of drug-likeness (QED) is 0.377. The van der Waals surface area contributed by atoms with Gasteiger partial charge < -0.3 is 10.6 Å². The van der Waals surface area contributed by atoms with Crippen molar-refractivity contribution in [2.75, 3.05) is 20.1 Å². The zero-order chi connectivity index (χ0) is 16.5. The van der Waals surface area contributed by atoms with Gasteiger partial charge in [0.15, 0.2) is 5.96 Å². The van der Waals surface area contributed by atoms with E-state index < -0.39 is 0 Å². The molecular formula is C17H24FIN4S. The zero-order valence-electron chi connectivity index (χ0n) is 14.0. The van der Waals surface area contributed by atoms with E-state index in [-0.39, 0.29) is 29.8 Å². The number of hydrogen-bond donors (Lipinski definition) is 2. The fourth-order valence-corrected chi connectivity index (χ4v) is 2.95. The molecule has 0 unspecified atom stereocenters. The third-order valence-electron chi connectivity index (χ3n) is 3.39. The third-order valence-corrected chi connectivity index (χ3v) is 4.44. The van der Waals surface area contributed by atoms with Crippen LogP contribution in [-0.4, -0.2) is 31.1 Å². The van der Waals surface area contributed by atoms with Crippen LogP contribution in [0.5, 0.6) is 0 Å². The number of hydrogen-bond acceptors (Lipinski definition) is 3. The Bertz CT molecular complexity index is 645. The highest BCUT2D eigenvalue weighted by Gasteiger charge is 2.02. The maximum Gasteiger partial charge on any atom is 0.190 e. The zero-order valence-corrected chi connectivity index (χ0v) is 17.2. The van der Waals surface area contributed by atoms with E-state index >= 15 is 0 Å². The van der Waals surface area contributed by atoms with Gasteiger partial charge >= 0.3 is 0 Å². The second kappa shape index (κ2) is 11.4. The number of aryl methyl sites for hydroxylation is 1. The molecule has 1 heterocycles. The van der Waals surface area contributed by atoms with E-state index in [1.54, 1.807) is 30.5 Å². The summed E-state index contributed by atoms with van der Waals surface area (Å²) in [5.41, 5.74) is 2.09. The smallest absolute Gasteiger partial charge is 0.190 e. The van der Waals surface area contributed by atoms with E-state index in [1.165, 1.54) is 11.1 Å². The largest absolute Gasteiger partial charge is 0.356 e. The summed E-state index contributed by atoms with van der Waals surface area (Å²) in [5, 5.41) is 9.80. The Labute approximate surface area is 164 Å². The fraction of sp³-hybridized carbons (Fsp3) is 0.412. The molecule has 0 aliphatic rings. The summed E-state index contributed by atoms with van der Waals surface area (Å²) in [4.78, 5) is 8.74. The van der Waals surface area contributed by atoms with Crippen LogP contribution in [0, 0.1) is 5.82 Å². The van der Waals surface area contributed by atoms with Crippen molar-refractivity contribution in [3.63, 3.8) is 0 Å². The molecule has 0 atom stereocenters. The van der Waals surface area contributed by atoms with E-state index in [0.29, 0.717) is 6.54 Å². The molecule has 0 bridgehead atoms. The Kier molecular flexibility index (Phi) is 9.85. The monoisotopic (exact) mass is 462 g/mol. The van der Waals surface area contributed by atoms with E-state index in [0.717, 1.165) is 43.0 Å². The summed E-state index contributed by atoms with van der Waals surface area (Å²) in [6.07, 6.45) is 2.62. The summed E-state index contributed by atoms with van der Waals surface area (Å²) in [5.74, 6) is 0.562. The van der Waals surface area contributed by atoms with E-state index in [9.17, 15) is 4.39 Å². The number of aromatic nitrogens is 1. The van der Waals surface area contributed by atoms with E-state index in [2.05, 4.69) is 32.9 Å². The van der Waals surface area contributed by atoms with Gasteiger partial charge in [-0.1, -0.05) is 19.1 Å². The minimum absolute atomic E-state index is 0. The third kappa shape index (κ3) is 7.12. The molecule has 4 nitrogen and oxygen atoms in total. The van der Waals surface area contributed by atoms with Crippen LogP contribution >= 0.6 is 35.3 Å². The molecule has 132 valence electrons. The van der Waals surface area contributed by atoms with Crippen molar-refractivity contribution >= 4 is 41.3 Å². The van der Waals surface area contributed by atoms with Gasteiger partial charge in [0.2, 0.25) is 0 Å². The number of benzene rings is 1. The lowest BCUT2D eigenvalue weighted by Gasteiger charge is -2.11. The molecule has 24 heavy (non-hydrogen) atoms. The molecule has 0 saturated carbocycles. The Hall–Kier alpha value is -1.22. The molecule has 1 aromatic carbocycles. The van der Waals surface area contributed by atoms with Gasteiger partial charge in [-0.2, -0.15) is 0 Å². The first-order valence-electron chi connectivity index (χ1n) is 7.83. The Morgan fingerprint density at radius 3 is 2.62 bits per heavy atom. The van der Waals surface area contributed by atoms with Gasteiger partial charge in [0.25, 0.3) is 0 Å². The van der Waals surface area contributed by atoms with Gasteiger partial charge in [0.05, 0.1) is 10.7 Å². The lowest BCUT2D eigenvalue weighted by molar-refractivity contribution is 0.625. The fourth-order valence-electron chi connectivity index (χ4n) is 2.17. The summed E-state index contributed by atoms with van der Waals surface area (Å²) in [6, 6.07) is 6.68. The first-order valence-corrected chi connectivity index (χ1v) is 8.71. The van der Waals surface area contributed by atoms with Crippen molar-refractivity contribution in [1.29, 1.82) is 0 Å². The Balaban J connectivity index is 0.00000288. The molecule has 2 rings (SSSR count). The number of nitrogens with zero attached hydrogens (tertiary/aromatic N) is 2. The second-order valence-corrected chi connectivity index (χ2v) is 6.08. The molecule has 0 spiro atoms. The van der Waals surface area contributed by atoms with Crippen molar-refractivity contribution in [3.8, 4) is 0 Å². The number of rotatable bonds is 7. The lowest BCUT2D eigenvalue weighted by atomic mass is 10.1. The highest BCUT2D eigenvalue weighted by atomic mass is 127. The predicted octanol–water partition coefficient (Wildman–Crippen LogP) is 3.41. The molecular weight excluding hydrogens is 438 g/mol. The second-order valence-electron chi connectivity index (χ2n) is 5.14. The van der Waals surface area contributed by atoms with Crippen molar-refractivity contribution in [2.24, 2.45) is 4.99 Å². The maximum absolute atomic E-state index is 13.1. The van der Waals surface area contributed by atoms with Crippen LogP contribution < -0.4 is 10.6 Å². The highest BCUT2D eigenvalue weighted by Crippen LogP contribution is 2.10. The number of thiazole rings is 1. The average molecular weight is 462 g/mol. The molecule has 0 radical (unpaired) electrons. The van der Waals surface area contributed by atoms with Gasteiger partial charge in [-0.25, -0.2) is 9.37 Å². The molecule has 2 N–H and O–H groups in total. The summed E-state index contributed by atoms with van der Waals surface area (Å²) in [7, 11) is 1.75. The van der Waals surface area contributed by atoms with Crippen LogP contribution in [0.15, 0.2) is 34.6 Å². The molecule has 0 aliphatic heterocycles. The maximum atomic E-state index is 13.1. The number of halogens is 2. The molecule has 0 aliphatic carbocycles. The average Bonchev–Trinajstić information content (AvgIpc) is 3.01. The molecule has 0 fully saturated rings. The van der Waals surface area contributed by atoms with Gasteiger partial charge in [-0.15, -0.1) is 35.3 Å². The van der Waals surface area contributed by atoms with Gasteiger partial charge in [-0.05, 0) is 30.5 Å². The molecule has 7 heteroatoms. The SMILES string of the molecule is CCc1nc(CCNC(=NC)NCCc2cccc(F)c2)cs1.I. The topological polar surface area (TPSA) is 49.3 Å². The van der Waals surface area contributed by atoms with Crippen LogP contribution in [0.3, 0.4) is 0 Å². The van der Waals surface area contributed by atoms with Crippen molar-refractivity contribution < 1.29 is 4.39 Å². The summed E-state index contributed by atoms with van der Waals surface area (Å²) in [6.45, 7) is 3.61. The number of guanidine groups is 1. The summed E-state index contributed by atoms with van der Waals surface area (Å²) < 4.78 is 13.1. The van der Waals surface area contributed by atoms with Crippen molar-refractivity contribution in [2.45, 2.75) is 26.2 Å². The molecule has 2 aromatic rings. The number of aliphatic imine (C=N–C) groups is 1. The minimum atomic E-state index is -0.195. The number of nitrogens with one attached hydrogen (secondary N) is 2. The standard InChI is InChI=1S/C17H23FN4S.HI/c1-3-16-22-15(12-23-16)8-10-21-17(19-2)20-9-7-13-5-4-6-14(18)11-13;/h4-6,11-12H,3,7-10H2,1-2H3,(H2,19,20,21);1H. The Morgan fingerprint density at radius 2 is 2.00 bits per heavy atom. The molecule has 1 aromatic heterocycles. The molecule has 0 saturated heterocycles.